The first-order valence-electron chi connectivity index (χ1n) is 37.9. The predicted molar refractivity (Wildman–Crippen MR) is 471 cm³/mol. The van der Waals surface area contributed by atoms with Crippen LogP contribution in [0.3, 0.4) is 0 Å². The number of aliphatic carboxylic acids is 1. The molecule has 10 aromatic rings. The summed E-state index contributed by atoms with van der Waals surface area (Å²) in [6.45, 7) is 45.3. The Morgan fingerprint density at radius 3 is 1.05 bits per heavy atom. The van der Waals surface area contributed by atoms with Crippen LogP contribution in [0.5, 0.6) is 0 Å². The molecule has 10 heterocycles. The Morgan fingerprint density at radius 1 is 0.372 bits per heavy atom. The third-order valence-electron chi connectivity index (χ3n) is 16.6. The predicted octanol–water partition coefficient (Wildman–Crippen LogP) is 19.7. The van der Waals surface area contributed by atoms with Gasteiger partial charge in [0.2, 0.25) is 0 Å². The van der Waals surface area contributed by atoms with Gasteiger partial charge in [-0.25, -0.2) is 0 Å². The fourth-order valence-electron chi connectivity index (χ4n) is 9.92. The molecule has 113 heavy (non-hydrogen) atoms. The number of carboxylic acids is 1. The summed E-state index contributed by atoms with van der Waals surface area (Å²) in [5, 5.41) is 20.3. The number of carbonyl (C=O) groups is 7. The minimum absolute atomic E-state index is 0.00133. The van der Waals surface area contributed by atoms with Crippen molar-refractivity contribution >= 4 is 109 Å². The van der Waals surface area contributed by atoms with Crippen molar-refractivity contribution in [1.29, 1.82) is 0 Å². The maximum absolute atomic E-state index is 12.4. The Balaban J connectivity index is 0.000000243. The fraction of sp³-hybridized carbons (Fsp3) is 0.427. The molecule has 6 amide bonds. The molecule has 608 valence electrons. The van der Waals surface area contributed by atoms with Gasteiger partial charge in [-0.2, -0.15) is 0 Å². The van der Waals surface area contributed by atoms with Crippen molar-refractivity contribution in [2.45, 2.75) is 209 Å². The highest BCUT2D eigenvalue weighted by Crippen LogP contribution is 2.35. The topological polar surface area (TPSA) is 246 Å². The van der Waals surface area contributed by atoms with E-state index in [0.717, 1.165) is 65.3 Å². The van der Waals surface area contributed by atoms with Crippen LogP contribution in [0.2, 0.25) is 0 Å². The van der Waals surface area contributed by atoms with E-state index < -0.39 is 5.97 Å². The van der Waals surface area contributed by atoms with Crippen molar-refractivity contribution in [3.8, 4) is 0 Å². The summed E-state index contributed by atoms with van der Waals surface area (Å²) >= 11 is 9.34. The zero-order valence-corrected chi connectivity index (χ0v) is 74.9. The van der Waals surface area contributed by atoms with Crippen LogP contribution in [0.4, 0.5) is 0 Å². The zero-order valence-electron chi connectivity index (χ0n) is 70.0. The van der Waals surface area contributed by atoms with E-state index in [1.165, 1.54) is 46.2 Å². The van der Waals surface area contributed by atoms with E-state index in [1.54, 1.807) is 106 Å². The standard InChI is InChI=1S/4C16H20N2OS.C13H19NO3S.C12H19NOS/c1-16(2,3)14-6-5-13(20-14)15(19)18(4)11-12-7-9-17-10-8-12;1-16(2,3)14-5-4-13(20-14)15(19)18-11-8-12-6-9-17-10-7-12;1-16(2,3)14-7-6-13(20-14)15(19)18-10-8-12-5-4-9-17-11-12;1-16(2,3)14-8-7-13(20-14)15(19)18-11-9-12-6-4-5-10-17-12;1-13(2,3)10-6-5-9(18-10)12(17)14(4)8-7-11(15)16;1-8(2)13-11(14)9-6-7-10(15-9)12(3,4)5/h5-10H,11H2,1-4H3;4-7,9-10H,8,11H2,1-3H3,(H,18,19);4-7,9,11H,8,10H2,1-3H3,(H,18,19);4-8,10H,9,11H2,1-3H3,(H,18,19);5-6H,7-8H2,1-4H3,(H,15,16);6-8H,1-5H3,(H,13,14). The number of carbonyl (C=O) groups excluding carboxylic acids is 6. The number of carboxylic acid groups (broad SMARTS) is 1. The van der Waals surface area contributed by atoms with Crippen LogP contribution in [-0.2, 0) is 63.1 Å². The molecule has 0 aliphatic carbocycles. The van der Waals surface area contributed by atoms with Gasteiger partial charge < -0.3 is 36.2 Å². The quantitative estimate of drug-likeness (QED) is 0.0451. The molecular weight excluding hydrogens is 1530 g/mol. The molecule has 0 aromatic carbocycles. The SMILES string of the molecule is CC(C)(C)c1ccc(C(=O)NCCc2ccccn2)s1.CC(C)(C)c1ccc(C(=O)NCCc2cccnc2)s1.CC(C)(C)c1ccc(C(=O)NCCc2ccncc2)s1.CC(C)NC(=O)c1ccc(C(C)(C)C)s1.CN(CCC(=O)O)C(=O)c1ccc(C(C)(C)C)s1.CN(Cc1ccncc1)C(=O)c1ccc(C(C)(C)C)s1. The van der Waals surface area contributed by atoms with E-state index >= 15 is 0 Å². The van der Waals surface area contributed by atoms with Crippen LogP contribution in [0.15, 0.2) is 171 Å². The van der Waals surface area contributed by atoms with E-state index in [2.05, 4.69) is 172 Å². The van der Waals surface area contributed by atoms with Crippen molar-refractivity contribution in [3.05, 3.63) is 252 Å². The number of rotatable bonds is 21. The summed E-state index contributed by atoms with van der Waals surface area (Å²) in [7, 11) is 3.46. The molecule has 0 fully saturated rings. The second-order valence-corrected chi connectivity index (χ2v) is 40.1. The van der Waals surface area contributed by atoms with Gasteiger partial charge in [-0.05, 0) is 191 Å². The summed E-state index contributed by atoms with van der Waals surface area (Å²) in [6, 6.07) is 41.3. The fourth-order valence-corrected chi connectivity index (χ4v) is 15.9. The molecule has 0 spiro atoms. The van der Waals surface area contributed by atoms with Crippen molar-refractivity contribution in [1.82, 2.24) is 51.0 Å². The first kappa shape index (κ1) is 94.7. The molecule has 0 saturated heterocycles. The number of hydrogen-bond acceptors (Lipinski definition) is 17. The lowest BCUT2D eigenvalue weighted by Gasteiger charge is -2.17. The molecule has 10 rings (SSSR count). The van der Waals surface area contributed by atoms with Crippen LogP contribution >= 0.6 is 68.0 Å². The molecule has 10 aromatic heterocycles. The van der Waals surface area contributed by atoms with Crippen molar-refractivity contribution in [3.63, 3.8) is 0 Å². The smallest absolute Gasteiger partial charge is 0.305 e. The minimum atomic E-state index is -0.892. The van der Waals surface area contributed by atoms with Gasteiger partial charge in [0.1, 0.15) is 0 Å². The Bertz CT molecular complexity index is 4320. The monoisotopic (exact) mass is 1650 g/mol. The second-order valence-electron chi connectivity index (χ2n) is 33.6. The first-order chi connectivity index (χ1) is 52.8. The highest BCUT2D eigenvalue weighted by Gasteiger charge is 2.25. The number of aromatic nitrogens is 4. The summed E-state index contributed by atoms with van der Waals surface area (Å²) in [5.41, 5.74) is 4.93. The van der Waals surface area contributed by atoms with Crippen LogP contribution in [0.25, 0.3) is 0 Å². The Hall–Kier alpha value is -8.91. The normalized spacial score (nSPS) is 11.4. The molecule has 24 heteroatoms. The van der Waals surface area contributed by atoms with Gasteiger partial charge in [0, 0.05) is 138 Å². The molecule has 0 aliphatic rings. The number of hydrogen-bond donors (Lipinski definition) is 5. The van der Waals surface area contributed by atoms with E-state index in [9.17, 15) is 33.6 Å². The summed E-state index contributed by atoms with van der Waals surface area (Å²) in [5.74, 6) is -0.879. The highest BCUT2D eigenvalue weighted by atomic mass is 32.1. The minimum Gasteiger partial charge on any atom is -0.481 e. The maximum atomic E-state index is 12.4. The van der Waals surface area contributed by atoms with Crippen molar-refractivity contribution < 1.29 is 38.7 Å². The number of pyridine rings is 4. The van der Waals surface area contributed by atoms with Gasteiger partial charge in [0.15, 0.2) is 0 Å². The van der Waals surface area contributed by atoms with Crippen molar-refractivity contribution in [2.75, 3.05) is 40.3 Å². The molecule has 5 N–H and O–H groups in total. The van der Waals surface area contributed by atoms with Crippen LogP contribution < -0.4 is 21.3 Å². The lowest BCUT2D eigenvalue weighted by molar-refractivity contribution is -0.137. The van der Waals surface area contributed by atoms with Gasteiger partial charge in [-0.15, -0.1) is 68.0 Å². The molecule has 0 saturated carbocycles. The maximum Gasteiger partial charge on any atom is 0.305 e. The third kappa shape index (κ3) is 34.0. The number of nitrogens with one attached hydrogen (secondary N) is 4. The van der Waals surface area contributed by atoms with E-state index in [0.29, 0.717) is 31.1 Å². The first-order valence-corrected chi connectivity index (χ1v) is 42.8. The molecular formula is C89H118N10O8S6. The molecule has 0 bridgehead atoms. The van der Waals surface area contributed by atoms with Gasteiger partial charge in [-0.3, -0.25) is 53.5 Å². The lowest BCUT2D eigenvalue weighted by Crippen LogP contribution is -2.29. The summed E-state index contributed by atoms with van der Waals surface area (Å²) in [4.78, 5) is 114. The second kappa shape index (κ2) is 44.1. The number of thiophene rings is 6. The van der Waals surface area contributed by atoms with E-state index in [4.69, 9.17) is 5.11 Å². The Morgan fingerprint density at radius 2 is 0.717 bits per heavy atom. The largest absolute Gasteiger partial charge is 0.481 e. The van der Waals surface area contributed by atoms with E-state index in [-0.39, 0.29) is 86.9 Å². The van der Waals surface area contributed by atoms with Crippen LogP contribution in [0.1, 0.15) is 255 Å². The van der Waals surface area contributed by atoms with Gasteiger partial charge in [-0.1, -0.05) is 137 Å². The Kier molecular flexibility index (Phi) is 37.0. The van der Waals surface area contributed by atoms with Crippen molar-refractivity contribution in [2.24, 2.45) is 0 Å². The number of nitrogens with zero attached hydrogens (tertiary/aromatic N) is 6. The van der Waals surface area contributed by atoms with Gasteiger partial charge >= 0.3 is 5.97 Å². The molecule has 18 nitrogen and oxygen atoms in total. The van der Waals surface area contributed by atoms with Gasteiger partial charge in [0.05, 0.1) is 35.7 Å². The average molecular weight is 1650 g/mol. The van der Waals surface area contributed by atoms with Crippen LogP contribution in [-0.4, -0.2) is 123 Å². The summed E-state index contributed by atoms with van der Waals surface area (Å²) in [6.07, 6.45) is 14.7. The van der Waals surface area contributed by atoms with Crippen LogP contribution in [0, 0.1) is 0 Å². The molecule has 0 atom stereocenters. The molecule has 0 unspecified atom stereocenters. The third-order valence-corrected chi connectivity index (χ3v) is 25.6. The number of amides is 6. The average Bonchev–Trinajstić information content (AvgIpc) is 1.73. The lowest BCUT2D eigenvalue weighted by atomic mass is 9.95. The summed E-state index contributed by atoms with van der Waals surface area (Å²) < 4.78 is 0. The molecule has 0 radical (unpaired) electrons. The van der Waals surface area contributed by atoms with Gasteiger partial charge in [0.25, 0.3) is 35.4 Å². The Labute approximate surface area is 695 Å². The molecule has 0 aliphatic heterocycles. The zero-order chi connectivity index (χ0) is 84.1. The highest BCUT2D eigenvalue weighted by molar-refractivity contribution is 7.16. The van der Waals surface area contributed by atoms with E-state index in [1.807, 2.05) is 148 Å².